The molecule has 1 aromatic carbocycles. The third-order valence-corrected chi connectivity index (χ3v) is 3.54. The van der Waals surface area contributed by atoms with Gasteiger partial charge in [-0.25, -0.2) is 0 Å². The molecule has 0 heterocycles. The maximum Gasteiger partial charge on any atom is 0.253 e. The molecule has 21 heavy (non-hydrogen) atoms. The minimum Gasteiger partial charge on any atom is -0.339 e. The minimum atomic E-state index is -0.640. The molecule has 0 unspecified atom stereocenters. The van der Waals surface area contributed by atoms with Gasteiger partial charge in [0, 0.05) is 30.9 Å². The van der Waals surface area contributed by atoms with Crippen LogP contribution in [0.15, 0.2) is 24.3 Å². The Balaban J connectivity index is 2.91. The summed E-state index contributed by atoms with van der Waals surface area (Å²) in [6.45, 7) is 9.03. The largest absolute Gasteiger partial charge is 0.339 e. The van der Waals surface area contributed by atoms with E-state index in [0.29, 0.717) is 24.3 Å². The predicted molar refractivity (Wildman–Crippen MR) is 85.2 cm³/mol. The molecule has 1 rings (SSSR count). The van der Waals surface area contributed by atoms with E-state index in [1.807, 2.05) is 13.8 Å². The lowest BCUT2D eigenvalue weighted by Crippen LogP contribution is -2.37. The molecule has 0 radical (unpaired) electrons. The second-order valence-corrected chi connectivity index (χ2v) is 5.60. The molecule has 1 aromatic rings. The number of benzene rings is 1. The topological polar surface area (TPSA) is 75.4 Å². The van der Waals surface area contributed by atoms with Crippen LogP contribution < -0.4 is 11.1 Å². The number of nitrogens with two attached hydrogens (primary N) is 1. The predicted octanol–water partition coefficient (Wildman–Crippen LogP) is 2.09. The zero-order valence-electron chi connectivity index (χ0n) is 13.3. The smallest absolute Gasteiger partial charge is 0.253 e. The number of hydrogen-bond acceptors (Lipinski definition) is 3. The first-order valence-corrected chi connectivity index (χ1v) is 7.26. The number of anilines is 1. The molecular formula is C16H25N3O2. The number of carbonyl (C=O) groups excluding carboxylic acids is 2. The van der Waals surface area contributed by atoms with Crippen LogP contribution in [-0.2, 0) is 4.79 Å². The lowest BCUT2D eigenvalue weighted by Gasteiger charge is -2.22. The van der Waals surface area contributed by atoms with Crippen LogP contribution in [0.5, 0.6) is 0 Å². The summed E-state index contributed by atoms with van der Waals surface area (Å²) in [4.78, 5) is 26.1. The number of hydrogen-bond donors (Lipinski definition) is 2. The van der Waals surface area contributed by atoms with Crippen LogP contribution in [0.25, 0.3) is 0 Å². The number of amides is 2. The monoisotopic (exact) mass is 291 g/mol. The normalized spacial score (nSPS) is 11.1. The van der Waals surface area contributed by atoms with Gasteiger partial charge in [-0.3, -0.25) is 9.59 Å². The summed E-state index contributed by atoms with van der Waals surface area (Å²) in [5, 5.41) is 2.81. The Bertz CT molecular complexity index is 508. The average molecular weight is 291 g/mol. The third-order valence-electron chi connectivity index (χ3n) is 3.54. The standard InChI is InChI=1S/C16H25N3O2/c1-5-19(6-2)14(20)12-8-7-9-13(10-12)18-15(21)16(3,4)11-17/h7-10H,5-6,11,17H2,1-4H3,(H,18,21). The van der Waals surface area contributed by atoms with Crippen LogP contribution in [0, 0.1) is 5.41 Å². The van der Waals surface area contributed by atoms with E-state index in [2.05, 4.69) is 5.32 Å². The SMILES string of the molecule is CCN(CC)C(=O)c1cccc(NC(=O)C(C)(C)CN)c1. The molecule has 0 saturated heterocycles. The maximum absolute atomic E-state index is 12.3. The van der Waals surface area contributed by atoms with Crippen molar-refractivity contribution in [1.82, 2.24) is 4.90 Å². The van der Waals surface area contributed by atoms with Gasteiger partial charge in [-0.2, -0.15) is 0 Å². The molecule has 0 aliphatic rings. The molecule has 116 valence electrons. The van der Waals surface area contributed by atoms with Crippen molar-refractivity contribution in [3.8, 4) is 0 Å². The summed E-state index contributed by atoms with van der Waals surface area (Å²) < 4.78 is 0. The zero-order valence-corrected chi connectivity index (χ0v) is 13.3. The maximum atomic E-state index is 12.3. The first-order valence-electron chi connectivity index (χ1n) is 7.26. The fourth-order valence-electron chi connectivity index (χ4n) is 1.82. The van der Waals surface area contributed by atoms with Crippen molar-refractivity contribution in [2.24, 2.45) is 11.1 Å². The van der Waals surface area contributed by atoms with Crippen LogP contribution in [0.4, 0.5) is 5.69 Å². The van der Waals surface area contributed by atoms with Crippen molar-refractivity contribution in [3.05, 3.63) is 29.8 Å². The highest BCUT2D eigenvalue weighted by atomic mass is 16.2. The van der Waals surface area contributed by atoms with Crippen molar-refractivity contribution in [2.45, 2.75) is 27.7 Å². The highest BCUT2D eigenvalue weighted by Gasteiger charge is 2.26. The molecule has 0 spiro atoms. The summed E-state index contributed by atoms with van der Waals surface area (Å²) in [7, 11) is 0. The summed E-state index contributed by atoms with van der Waals surface area (Å²) in [5.41, 5.74) is 6.14. The van der Waals surface area contributed by atoms with Crippen LogP contribution in [0.1, 0.15) is 38.1 Å². The molecule has 5 heteroatoms. The van der Waals surface area contributed by atoms with Gasteiger partial charge in [-0.15, -0.1) is 0 Å². The fourth-order valence-corrected chi connectivity index (χ4v) is 1.82. The second kappa shape index (κ2) is 7.22. The van der Waals surface area contributed by atoms with Crippen LogP contribution in [0.2, 0.25) is 0 Å². The molecule has 0 aliphatic carbocycles. The molecule has 0 bridgehead atoms. The van der Waals surface area contributed by atoms with Crippen molar-refractivity contribution < 1.29 is 9.59 Å². The molecule has 0 fully saturated rings. The van der Waals surface area contributed by atoms with Gasteiger partial charge in [0.25, 0.3) is 5.91 Å². The van der Waals surface area contributed by atoms with Crippen LogP contribution in [0.3, 0.4) is 0 Å². The Morgan fingerprint density at radius 1 is 1.24 bits per heavy atom. The Morgan fingerprint density at radius 3 is 2.38 bits per heavy atom. The Kier molecular flexibility index (Phi) is 5.90. The van der Waals surface area contributed by atoms with Gasteiger partial charge in [-0.05, 0) is 45.9 Å². The number of nitrogens with one attached hydrogen (secondary N) is 1. The zero-order chi connectivity index (χ0) is 16.0. The first-order chi connectivity index (χ1) is 9.85. The molecular weight excluding hydrogens is 266 g/mol. The van der Waals surface area contributed by atoms with E-state index in [4.69, 9.17) is 5.73 Å². The second-order valence-electron chi connectivity index (χ2n) is 5.60. The number of nitrogens with zero attached hydrogens (tertiary/aromatic N) is 1. The molecule has 0 atom stereocenters. The summed E-state index contributed by atoms with van der Waals surface area (Å²) in [6.07, 6.45) is 0. The van der Waals surface area contributed by atoms with Crippen molar-refractivity contribution in [1.29, 1.82) is 0 Å². The average Bonchev–Trinajstić information content (AvgIpc) is 2.48. The van der Waals surface area contributed by atoms with E-state index in [-0.39, 0.29) is 18.4 Å². The molecule has 0 aliphatic heterocycles. The Labute approximate surface area is 126 Å². The van der Waals surface area contributed by atoms with E-state index in [1.54, 1.807) is 43.0 Å². The van der Waals surface area contributed by atoms with E-state index in [1.165, 1.54) is 0 Å². The van der Waals surface area contributed by atoms with Gasteiger partial charge in [0.15, 0.2) is 0 Å². The summed E-state index contributed by atoms with van der Waals surface area (Å²) in [6, 6.07) is 6.99. The Morgan fingerprint density at radius 2 is 1.86 bits per heavy atom. The minimum absolute atomic E-state index is 0.0332. The van der Waals surface area contributed by atoms with Gasteiger partial charge in [0.1, 0.15) is 0 Å². The van der Waals surface area contributed by atoms with Crippen molar-refractivity contribution in [3.63, 3.8) is 0 Å². The van der Waals surface area contributed by atoms with E-state index in [0.717, 1.165) is 0 Å². The molecule has 0 saturated carbocycles. The highest BCUT2D eigenvalue weighted by Crippen LogP contribution is 2.18. The van der Waals surface area contributed by atoms with Crippen molar-refractivity contribution in [2.75, 3.05) is 25.0 Å². The van der Waals surface area contributed by atoms with E-state index in [9.17, 15) is 9.59 Å². The summed E-state index contributed by atoms with van der Waals surface area (Å²) >= 11 is 0. The molecule has 2 amide bonds. The fraction of sp³-hybridized carbons (Fsp3) is 0.500. The van der Waals surface area contributed by atoms with Crippen LogP contribution in [-0.4, -0.2) is 36.3 Å². The van der Waals surface area contributed by atoms with Gasteiger partial charge >= 0.3 is 0 Å². The molecule has 0 aromatic heterocycles. The first kappa shape index (κ1) is 17.2. The molecule has 3 N–H and O–H groups in total. The van der Waals surface area contributed by atoms with E-state index < -0.39 is 5.41 Å². The van der Waals surface area contributed by atoms with Gasteiger partial charge in [0.05, 0.1) is 5.41 Å². The van der Waals surface area contributed by atoms with Gasteiger partial charge in [-0.1, -0.05) is 6.07 Å². The highest BCUT2D eigenvalue weighted by molar-refractivity contribution is 5.98. The van der Waals surface area contributed by atoms with Gasteiger partial charge < -0.3 is 16.0 Å². The summed E-state index contributed by atoms with van der Waals surface area (Å²) in [5.74, 6) is -0.188. The number of rotatable bonds is 6. The van der Waals surface area contributed by atoms with Crippen molar-refractivity contribution >= 4 is 17.5 Å². The Hall–Kier alpha value is -1.88. The molecule has 5 nitrogen and oxygen atoms in total. The van der Waals surface area contributed by atoms with Gasteiger partial charge in [0.2, 0.25) is 5.91 Å². The third kappa shape index (κ3) is 4.29. The quantitative estimate of drug-likeness (QED) is 0.842. The lowest BCUT2D eigenvalue weighted by molar-refractivity contribution is -0.123. The number of carbonyl (C=O) groups is 2. The van der Waals surface area contributed by atoms with E-state index >= 15 is 0 Å². The van der Waals surface area contributed by atoms with Crippen LogP contribution >= 0.6 is 0 Å². The lowest BCUT2D eigenvalue weighted by atomic mass is 9.92.